The number of aliphatic hydroxyl groups is 1. The van der Waals surface area contributed by atoms with Gasteiger partial charge in [-0.3, -0.25) is 14.5 Å². The molecule has 0 bridgehead atoms. The number of cyclic esters (lactones) is 1. The third-order valence-corrected chi connectivity index (χ3v) is 4.42. The van der Waals surface area contributed by atoms with Crippen molar-refractivity contribution in [2.24, 2.45) is 0 Å². The van der Waals surface area contributed by atoms with Crippen LogP contribution in [-0.4, -0.2) is 53.3 Å². The van der Waals surface area contributed by atoms with Gasteiger partial charge in [0.2, 0.25) is 5.91 Å². The first-order valence-corrected chi connectivity index (χ1v) is 9.22. The Morgan fingerprint density at radius 2 is 2.13 bits per heavy atom. The fourth-order valence-corrected chi connectivity index (χ4v) is 2.86. The largest absolute Gasteiger partial charge is 0.442 e. The second kappa shape index (κ2) is 8.87. The number of rotatable bonds is 6. The van der Waals surface area contributed by atoms with E-state index in [2.05, 4.69) is 15.6 Å². The number of benzene rings is 1. The zero-order valence-electron chi connectivity index (χ0n) is 16.4. The van der Waals surface area contributed by atoms with Crippen LogP contribution in [0.4, 0.5) is 20.7 Å². The highest BCUT2D eigenvalue weighted by Crippen LogP contribution is 2.29. The van der Waals surface area contributed by atoms with E-state index >= 15 is 0 Å². The third-order valence-electron chi connectivity index (χ3n) is 4.42. The van der Waals surface area contributed by atoms with Gasteiger partial charge < -0.3 is 20.5 Å². The molecule has 1 saturated heterocycles. The van der Waals surface area contributed by atoms with Crippen molar-refractivity contribution in [2.45, 2.75) is 26.1 Å². The number of anilines is 2. The fraction of sp³-hybridized carbons (Fsp3) is 0.300. The molecule has 1 unspecified atom stereocenters. The van der Waals surface area contributed by atoms with Crippen molar-refractivity contribution in [3.63, 3.8) is 0 Å². The molecule has 3 rings (SSSR count). The molecule has 1 fully saturated rings. The molecule has 1 aromatic heterocycles. The average Bonchev–Trinajstić information content (AvgIpc) is 3.07. The predicted octanol–water partition coefficient (Wildman–Crippen LogP) is 1.67. The Morgan fingerprint density at radius 1 is 1.37 bits per heavy atom. The van der Waals surface area contributed by atoms with Gasteiger partial charge in [0.15, 0.2) is 0 Å². The summed E-state index contributed by atoms with van der Waals surface area (Å²) in [5.74, 6) is -1.16. The summed E-state index contributed by atoms with van der Waals surface area (Å²) in [6, 6.07) is 7.40. The molecule has 0 radical (unpaired) electrons. The van der Waals surface area contributed by atoms with Crippen LogP contribution < -0.4 is 15.5 Å². The molecular formula is C20H21FN4O5. The second-order valence-corrected chi connectivity index (χ2v) is 6.81. The zero-order valence-corrected chi connectivity index (χ0v) is 16.4. The van der Waals surface area contributed by atoms with E-state index in [4.69, 9.17) is 4.74 Å². The van der Waals surface area contributed by atoms with Crippen molar-refractivity contribution in [1.82, 2.24) is 10.3 Å². The van der Waals surface area contributed by atoms with E-state index in [0.29, 0.717) is 11.3 Å². The topological polar surface area (TPSA) is 121 Å². The van der Waals surface area contributed by atoms with Crippen molar-refractivity contribution in [2.75, 3.05) is 23.3 Å². The Bertz CT molecular complexity index is 964. The number of carbonyl (C=O) groups is 3. The lowest BCUT2D eigenvalue weighted by molar-refractivity contribution is -0.123. The van der Waals surface area contributed by atoms with Crippen molar-refractivity contribution < 1.29 is 28.6 Å². The molecule has 2 heterocycles. The van der Waals surface area contributed by atoms with Gasteiger partial charge in [0.1, 0.15) is 23.8 Å². The monoisotopic (exact) mass is 416 g/mol. The molecule has 3 N–H and O–H groups in total. The van der Waals surface area contributed by atoms with E-state index in [1.54, 1.807) is 12.1 Å². The molecule has 10 heteroatoms. The maximum atomic E-state index is 14.7. The molecule has 1 aliphatic heterocycles. The quantitative estimate of drug-likeness (QED) is 0.659. The van der Waals surface area contributed by atoms with E-state index in [9.17, 15) is 23.9 Å². The number of nitrogens with zero attached hydrogens (tertiary/aromatic N) is 2. The van der Waals surface area contributed by atoms with E-state index in [1.807, 2.05) is 0 Å². The van der Waals surface area contributed by atoms with Crippen LogP contribution in [0.2, 0.25) is 0 Å². The first-order chi connectivity index (χ1) is 14.2. The summed E-state index contributed by atoms with van der Waals surface area (Å²) in [5.41, 5.74) is 1.07. The van der Waals surface area contributed by atoms with E-state index in [1.165, 1.54) is 43.1 Å². The van der Waals surface area contributed by atoms with Gasteiger partial charge >= 0.3 is 6.09 Å². The van der Waals surface area contributed by atoms with Crippen LogP contribution in [0.25, 0.3) is 11.1 Å². The highest BCUT2D eigenvalue weighted by atomic mass is 19.1. The lowest BCUT2D eigenvalue weighted by atomic mass is 10.1. The lowest BCUT2D eigenvalue weighted by Crippen LogP contribution is -2.33. The summed E-state index contributed by atoms with van der Waals surface area (Å²) in [4.78, 5) is 39.9. The Kier molecular flexibility index (Phi) is 6.26. The third kappa shape index (κ3) is 4.90. The van der Waals surface area contributed by atoms with Gasteiger partial charge in [-0.25, -0.2) is 14.2 Å². The normalized spacial score (nSPS) is 16.7. The minimum atomic E-state index is -1.17. The van der Waals surface area contributed by atoms with Crippen molar-refractivity contribution in [1.29, 1.82) is 0 Å². The van der Waals surface area contributed by atoms with Crippen LogP contribution in [0.1, 0.15) is 13.8 Å². The zero-order chi connectivity index (χ0) is 21.8. The molecule has 2 atom stereocenters. The Labute approximate surface area is 171 Å². The van der Waals surface area contributed by atoms with Gasteiger partial charge in [0.25, 0.3) is 5.91 Å². The van der Waals surface area contributed by atoms with Gasteiger partial charge in [-0.1, -0.05) is 0 Å². The number of aliphatic hydroxyl groups excluding tert-OH is 1. The standard InChI is InChI=1S/C20H21FN4O5/c1-11(26)19(28)24-18-6-3-13(8-23-18)16-5-4-14(7-17(16)21)25-10-15(30-20(25)29)9-22-12(2)27/h3-8,11,15,26H,9-10H2,1-2H3,(H,22,27)(H,23,24,28)/t11?,15-/m0/s1. The number of amides is 3. The molecule has 1 aromatic carbocycles. The summed E-state index contributed by atoms with van der Waals surface area (Å²) in [7, 11) is 0. The van der Waals surface area contributed by atoms with Gasteiger partial charge in [-0.2, -0.15) is 0 Å². The number of carbonyl (C=O) groups excluding carboxylic acids is 3. The highest BCUT2D eigenvalue weighted by molar-refractivity contribution is 5.93. The number of pyridine rings is 1. The van der Waals surface area contributed by atoms with Crippen LogP contribution in [0.5, 0.6) is 0 Å². The maximum absolute atomic E-state index is 14.7. The van der Waals surface area contributed by atoms with Gasteiger partial charge in [0, 0.05) is 24.2 Å². The van der Waals surface area contributed by atoms with Crippen molar-refractivity contribution >= 4 is 29.4 Å². The average molecular weight is 416 g/mol. The molecule has 3 amide bonds. The summed E-state index contributed by atoms with van der Waals surface area (Å²) >= 11 is 0. The van der Waals surface area contributed by atoms with Crippen LogP contribution in [0.15, 0.2) is 36.5 Å². The fourth-order valence-electron chi connectivity index (χ4n) is 2.86. The summed E-state index contributed by atoms with van der Waals surface area (Å²) in [5, 5.41) is 14.2. The number of hydrogen-bond donors (Lipinski definition) is 3. The second-order valence-electron chi connectivity index (χ2n) is 6.81. The molecule has 158 valence electrons. The molecule has 0 aliphatic carbocycles. The predicted molar refractivity (Wildman–Crippen MR) is 106 cm³/mol. The van der Waals surface area contributed by atoms with E-state index in [0.717, 1.165) is 0 Å². The van der Waals surface area contributed by atoms with Gasteiger partial charge in [0.05, 0.1) is 18.8 Å². The minimum Gasteiger partial charge on any atom is -0.442 e. The van der Waals surface area contributed by atoms with E-state index < -0.39 is 30.0 Å². The molecule has 30 heavy (non-hydrogen) atoms. The lowest BCUT2D eigenvalue weighted by Gasteiger charge is -2.14. The number of nitrogens with one attached hydrogen (secondary N) is 2. The number of hydrogen-bond acceptors (Lipinski definition) is 6. The van der Waals surface area contributed by atoms with Crippen LogP contribution in [-0.2, 0) is 14.3 Å². The minimum absolute atomic E-state index is 0.182. The molecule has 0 saturated carbocycles. The SMILES string of the molecule is CC(=O)NC[C@H]1CN(c2ccc(-c3ccc(NC(=O)C(C)O)nc3)c(F)c2)C(=O)O1. The molecule has 9 nitrogen and oxygen atoms in total. The Balaban J connectivity index is 1.72. The Hall–Kier alpha value is -3.53. The molecule has 1 aliphatic rings. The number of ether oxygens (including phenoxy) is 1. The number of aromatic nitrogens is 1. The van der Waals surface area contributed by atoms with Gasteiger partial charge in [-0.15, -0.1) is 0 Å². The van der Waals surface area contributed by atoms with Crippen LogP contribution >= 0.6 is 0 Å². The maximum Gasteiger partial charge on any atom is 0.414 e. The first kappa shape index (κ1) is 21.2. The van der Waals surface area contributed by atoms with Crippen LogP contribution in [0, 0.1) is 5.82 Å². The molecule has 0 spiro atoms. The van der Waals surface area contributed by atoms with Gasteiger partial charge in [-0.05, 0) is 37.3 Å². The number of halogens is 1. The molecule has 2 aromatic rings. The van der Waals surface area contributed by atoms with E-state index in [-0.39, 0.29) is 30.4 Å². The van der Waals surface area contributed by atoms with Crippen molar-refractivity contribution in [3.05, 3.63) is 42.3 Å². The highest BCUT2D eigenvalue weighted by Gasteiger charge is 2.32. The van der Waals surface area contributed by atoms with Crippen molar-refractivity contribution in [3.8, 4) is 11.1 Å². The van der Waals surface area contributed by atoms with Crippen LogP contribution in [0.3, 0.4) is 0 Å². The smallest absolute Gasteiger partial charge is 0.414 e. The molecular weight excluding hydrogens is 395 g/mol. The summed E-state index contributed by atoms with van der Waals surface area (Å²) < 4.78 is 19.9. The summed E-state index contributed by atoms with van der Waals surface area (Å²) in [6.07, 6.45) is -0.912. The Morgan fingerprint density at radius 3 is 2.73 bits per heavy atom. The first-order valence-electron chi connectivity index (χ1n) is 9.22. The summed E-state index contributed by atoms with van der Waals surface area (Å²) in [6.45, 7) is 3.07.